The van der Waals surface area contributed by atoms with Crippen LogP contribution in [-0.4, -0.2) is 7.11 Å². The fourth-order valence-electron chi connectivity index (χ4n) is 3.56. The van der Waals surface area contributed by atoms with E-state index in [-0.39, 0.29) is 0 Å². The maximum Gasteiger partial charge on any atom is 0.156 e. The van der Waals surface area contributed by atoms with E-state index in [2.05, 4.69) is 0 Å². The summed E-state index contributed by atoms with van der Waals surface area (Å²) >= 11 is 0. The second kappa shape index (κ2) is 6.66. The van der Waals surface area contributed by atoms with E-state index in [1.54, 1.807) is 7.11 Å². The van der Waals surface area contributed by atoms with Crippen molar-refractivity contribution >= 4 is 21.5 Å². The first-order valence-electron chi connectivity index (χ1n) is 8.42. The molecular weight excluding hydrogens is 311 g/mol. The summed E-state index contributed by atoms with van der Waals surface area (Å²) in [5, 5.41) is 4.09. The van der Waals surface area contributed by atoms with Gasteiger partial charge in [0.05, 0.1) is 0 Å². The van der Waals surface area contributed by atoms with Crippen molar-refractivity contribution in [2.45, 2.75) is 12.3 Å². The number of hydrogen-bond donors (Lipinski definition) is 0. The van der Waals surface area contributed by atoms with E-state index in [0.29, 0.717) is 5.56 Å². The van der Waals surface area contributed by atoms with Crippen LogP contribution in [0.2, 0.25) is 0 Å². The summed E-state index contributed by atoms with van der Waals surface area (Å²) in [6.45, 7) is 0. The van der Waals surface area contributed by atoms with Gasteiger partial charge in [-0.15, -0.1) is 0 Å². The Kier molecular flexibility index (Phi) is 4.21. The van der Waals surface area contributed by atoms with Gasteiger partial charge in [0.2, 0.25) is 0 Å². The lowest BCUT2D eigenvalue weighted by atomic mass is 9.92. The van der Waals surface area contributed by atoms with Crippen LogP contribution >= 0.6 is 0 Å². The van der Waals surface area contributed by atoms with Crippen molar-refractivity contribution in [1.82, 2.24) is 0 Å². The monoisotopic (exact) mass is 330 g/mol. The van der Waals surface area contributed by atoms with Crippen LogP contribution < -0.4 is 0 Å². The topological polar surface area (TPSA) is 9.23 Å². The third kappa shape index (κ3) is 2.79. The van der Waals surface area contributed by atoms with Crippen LogP contribution in [0, 0.1) is 0 Å². The third-order valence-electron chi connectivity index (χ3n) is 4.77. The van der Waals surface area contributed by atoms with E-state index < -0.39 is 12.3 Å². The molecule has 1 nitrogen and oxygen atoms in total. The minimum Gasteiger partial charge on any atom is -0.373 e. The van der Waals surface area contributed by atoms with Crippen molar-refractivity contribution in [2.24, 2.45) is 0 Å². The molecule has 0 aliphatic carbocycles. The second-order valence-corrected chi connectivity index (χ2v) is 6.19. The Morgan fingerprint density at radius 2 is 1.12 bits per heavy atom. The Balaban J connectivity index is 1.85. The van der Waals surface area contributed by atoms with Gasteiger partial charge < -0.3 is 4.74 Å². The highest BCUT2D eigenvalue weighted by Gasteiger charge is 2.27. The number of alkyl halides is 1. The minimum absolute atomic E-state index is 0.656. The largest absolute Gasteiger partial charge is 0.373 e. The van der Waals surface area contributed by atoms with Crippen molar-refractivity contribution in [3.05, 3.63) is 96.1 Å². The molecule has 0 aromatic heterocycles. The standard InChI is InChI=1S/C23H19FO/c1-25-23(21-15-7-11-17-9-3-5-13-19(17)21)22(24)20-14-6-10-16-8-2-4-12-18(16)20/h2-15,22-23H,1H3. The van der Waals surface area contributed by atoms with Gasteiger partial charge in [-0.1, -0.05) is 84.9 Å². The van der Waals surface area contributed by atoms with Crippen molar-refractivity contribution in [3.8, 4) is 0 Å². The molecule has 2 atom stereocenters. The van der Waals surface area contributed by atoms with E-state index >= 15 is 4.39 Å². The summed E-state index contributed by atoms with van der Waals surface area (Å²) in [5.74, 6) is 0. The number of fused-ring (bicyclic) bond motifs is 2. The Morgan fingerprint density at radius 3 is 1.72 bits per heavy atom. The minimum atomic E-state index is -1.25. The molecule has 4 aromatic rings. The summed E-state index contributed by atoms with van der Waals surface area (Å²) in [6, 6.07) is 27.6. The number of hydrogen-bond acceptors (Lipinski definition) is 1. The van der Waals surface area contributed by atoms with Gasteiger partial charge in [0.25, 0.3) is 0 Å². The SMILES string of the molecule is COC(c1cccc2ccccc12)C(F)c1cccc2ccccc12. The van der Waals surface area contributed by atoms with Crippen LogP contribution in [0.15, 0.2) is 84.9 Å². The van der Waals surface area contributed by atoms with Gasteiger partial charge in [0.15, 0.2) is 6.17 Å². The summed E-state index contributed by atoms with van der Waals surface area (Å²) in [4.78, 5) is 0. The van der Waals surface area contributed by atoms with Crippen LogP contribution in [0.5, 0.6) is 0 Å². The van der Waals surface area contributed by atoms with Crippen LogP contribution in [0.3, 0.4) is 0 Å². The maximum absolute atomic E-state index is 15.6. The number of methoxy groups -OCH3 is 1. The Morgan fingerprint density at radius 1 is 0.640 bits per heavy atom. The lowest BCUT2D eigenvalue weighted by Crippen LogP contribution is -2.10. The lowest BCUT2D eigenvalue weighted by Gasteiger charge is -2.23. The van der Waals surface area contributed by atoms with Crippen LogP contribution in [0.4, 0.5) is 4.39 Å². The molecule has 0 radical (unpaired) electrons. The smallest absolute Gasteiger partial charge is 0.156 e. The predicted octanol–water partition coefficient (Wildman–Crippen LogP) is 6.39. The molecule has 0 aliphatic heterocycles. The average Bonchev–Trinajstić information content (AvgIpc) is 2.68. The first kappa shape index (κ1) is 15.8. The number of benzene rings is 4. The number of ether oxygens (including phenoxy) is 1. The van der Waals surface area contributed by atoms with E-state index in [1.165, 1.54) is 0 Å². The van der Waals surface area contributed by atoms with Gasteiger partial charge in [0.1, 0.15) is 6.10 Å². The molecule has 0 amide bonds. The molecule has 124 valence electrons. The van der Waals surface area contributed by atoms with Gasteiger partial charge in [-0.05, 0) is 32.7 Å². The molecule has 0 N–H and O–H groups in total. The summed E-state index contributed by atoms with van der Waals surface area (Å²) in [6.07, 6.45) is -1.90. The molecule has 0 saturated carbocycles. The van der Waals surface area contributed by atoms with Crippen molar-refractivity contribution in [1.29, 1.82) is 0 Å². The Bertz CT molecular complexity index is 1010. The zero-order valence-corrected chi connectivity index (χ0v) is 14.0. The molecule has 0 bridgehead atoms. The Hall–Kier alpha value is -2.71. The fourth-order valence-corrected chi connectivity index (χ4v) is 3.56. The van der Waals surface area contributed by atoms with Crippen LogP contribution in [0.25, 0.3) is 21.5 Å². The zero-order chi connectivity index (χ0) is 17.2. The van der Waals surface area contributed by atoms with E-state index in [4.69, 9.17) is 4.74 Å². The summed E-state index contributed by atoms with van der Waals surface area (Å²) < 4.78 is 21.3. The highest BCUT2D eigenvalue weighted by atomic mass is 19.1. The maximum atomic E-state index is 15.6. The number of rotatable bonds is 4. The highest BCUT2D eigenvalue weighted by molar-refractivity contribution is 5.87. The summed E-state index contributed by atoms with van der Waals surface area (Å²) in [5.41, 5.74) is 1.54. The van der Waals surface area contributed by atoms with Crippen molar-refractivity contribution in [3.63, 3.8) is 0 Å². The molecule has 0 spiro atoms. The molecule has 0 aliphatic rings. The van der Waals surface area contributed by atoms with Crippen LogP contribution in [-0.2, 0) is 4.74 Å². The first-order chi connectivity index (χ1) is 12.3. The average molecular weight is 330 g/mol. The molecule has 0 heterocycles. The van der Waals surface area contributed by atoms with Gasteiger partial charge >= 0.3 is 0 Å². The van der Waals surface area contributed by atoms with Crippen molar-refractivity contribution < 1.29 is 9.13 Å². The fraction of sp³-hybridized carbons (Fsp3) is 0.130. The number of halogens is 1. The molecule has 0 fully saturated rings. The quantitative estimate of drug-likeness (QED) is 0.421. The molecule has 4 rings (SSSR count). The third-order valence-corrected chi connectivity index (χ3v) is 4.77. The van der Waals surface area contributed by atoms with Crippen LogP contribution in [0.1, 0.15) is 23.4 Å². The summed E-state index contributed by atoms with van der Waals surface area (Å²) in [7, 11) is 1.57. The van der Waals surface area contributed by atoms with Gasteiger partial charge in [0, 0.05) is 7.11 Å². The van der Waals surface area contributed by atoms with Gasteiger partial charge in [-0.2, -0.15) is 0 Å². The zero-order valence-electron chi connectivity index (χ0n) is 14.0. The molecule has 0 saturated heterocycles. The lowest BCUT2D eigenvalue weighted by molar-refractivity contribution is 0.0321. The normalized spacial score (nSPS) is 13.8. The molecular formula is C23H19FO. The van der Waals surface area contributed by atoms with Gasteiger partial charge in [-0.25, -0.2) is 4.39 Å². The highest BCUT2D eigenvalue weighted by Crippen LogP contribution is 2.40. The molecule has 2 heteroatoms. The van der Waals surface area contributed by atoms with Crippen molar-refractivity contribution in [2.75, 3.05) is 7.11 Å². The van der Waals surface area contributed by atoms with E-state index in [0.717, 1.165) is 27.1 Å². The Labute approximate surface area is 146 Å². The van der Waals surface area contributed by atoms with E-state index in [1.807, 2.05) is 84.9 Å². The predicted molar refractivity (Wildman–Crippen MR) is 101 cm³/mol. The first-order valence-corrected chi connectivity index (χ1v) is 8.42. The van der Waals surface area contributed by atoms with E-state index in [9.17, 15) is 0 Å². The van der Waals surface area contributed by atoms with Gasteiger partial charge in [-0.3, -0.25) is 0 Å². The molecule has 25 heavy (non-hydrogen) atoms. The second-order valence-electron chi connectivity index (χ2n) is 6.19. The molecule has 4 aromatic carbocycles. The molecule has 2 unspecified atom stereocenters.